The van der Waals surface area contributed by atoms with Crippen LogP contribution in [0, 0.1) is 0 Å². The molecule has 4 aromatic rings. The second kappa shape index (κ2) is 10.5. The molecule has 0 spiro atoms. The van der Waals surface area contributed by atoms with Crippen molar-refractivity contribution < 1.29 is 18.7 Å². The summed E-state index contributed by atoms with van der Waals surface area (Å²) in [5.41, 5.74) is 2.81. The van der Waals surface area contributed by atoms with Crippen LogP contribution >= 0.6 is 11.8 Å². The highest BCUT2D eigenvalue weighted by atomic mass is 32.2. The molecule has 1 aliphatic rings. The van der Waals surface area contributed by atoms with Crippen molar-refractivity contribution in [2.45, 2.75) is 5.75 Å². The fraction of sp³-hybridized carbons (Fsp3) is 0.107. The second-order valence-corrected chi connectivity index (χ2v) is 8.75. The lowest BCUT2D eigenvalue weighted by Gasteiger charge is -2.18. The number of nitrogens with zero attached hydrogens (tertiary/aromatic N) is 3. The Labute approximate surface area is 213 Å². The SMILES string of the molecule is COc1ccc(/C=C2\N=C(SCc3ncc(-c4ccccc4)o3)N(c3cccc(OC)c3)C2=O)cc1. The van der Waals surface area contributed by atoms with Crippen LogP contribution in [0.2, 0.25) is 0 Å². The van der Waals surface area contributed by atoms with Crippen molar-refractivity contribution in [3.8, 4) is 22.8 Å². The summed E-state index contributed by atoms with van der Waals surface area (Å²) in [4.78, 5) is 24.1. The van der Waals surface area contributed by atoms with Crippen LogP contribution in [0.5, 0.6) is 11.5 Å². The summed E-state index contributed by atoms with van der Waals surface area (Å²) in [6.45, 7) is 0. The highest BCUT2D eigenvalue weighted by Gasteiger charge is 2.32. The van der Waals surface area contributed by atoms with Crippen molar-refractivity contribution in [1.29, 1.82) is 0 Å². The van der Waals surface area contributed by atoms with Crippen molar-refractivity contribution in [3.05, 3.63) is 102 Å². The van der Waals surface area contributed by atoms with Crippen LogP contribution in [0.25, 0.3) is 17.4 Å². The molecule has 2 heterocycles. The maximum absolute atomic E-state index is 13.5. The quantitative estimate of drug-likeness (QED) is 0.290. The number of hydrogen-bond acceptors (Lipinski definition) is 7. The Balaban J connectivity index is 1.43. The minimum absolute atomic E-state index is 0.223. The van der Waals surface area contributed by atoms with E-state index in [2.05, 4.69) is 9.98 Å². The van der Waals surface area contributed by atoms with Gasteiger partial charge in [0.2, 0.25) is 5.89 Å². The van der Waals surface area contributed by atoms with Crippen molar-refractivity contribution in [1.82, 2.24) is 4.98 Å². The first-order valence-corrected chi connectivity index (χ1v) is 12.2. The fourth-order valence-corrected chi connectivity index (χ4v) is 4.53. The third-order valence-corrected chi connectivity index (χ3v) is 6.42. The summed E-state index contributed by atoms with van der Waals surface area (Å²) in [6.07, 6.45) is 3.48. The molecule has 0 saturated heterocycles. The molecule has 5 rings (SSSR count). The number of amides is 1. The van der Waals surface area contributed by atoms with Gasteiger partial charge < -0.3 is 13.9 Å². The van der Waals surface area contributed by atoms with Gasteiger partial charge in [0, 0.05) is 11.6 Å². The fourth-order valence-electron chi connectivity index (χ4n) is 3.67. The lowest BCUT2D eigenvalue weighted by molar-refractivity contribution is -0.113. The number of amidine groups is 1. The normalized spacial score (nSPS) is 14.3. The van der Waals surface area contributed by atoms with Crippen molar-refractivity contribution in [2.75, 3.05) is 19.1 Å². The maximum Gasteiger partial charge on any atom is 0.283 e. The van der Waals surface area contributed by atoms with Gasteiger partial charge in [0.15, 0.2) is 10.9 Å². The number of benzene rings is 3. The van der Waals surface area contributed by atoms with E-state index in [9.17, 15) is 4.79 Å². The summed E-state index contributed by atoms with van der Waals surface area (Å²) in [6, 6.07) is 24.6. The molecule has 0 bridgehead atoms. The van der Waals surface area contributed by atoms with Crippen molar-refractivity contribution in [3.63, 3.8) is 0 Å². The summed E-state index contributed by atoms with van der Waals surface area (Å²) in [5.74, 6) is 2.83. The topological polar surface area (TPSA) is 77.2 Å². The largest absolute Gasteiger partial charge is 0.497 e. The van der Waals surface area contributed by atoms with Crippen LogP contribution in [0.1, 0.15) is 11.5 Å². The van der Waals surface area contributed by atoms with Gasteiger partial charge in [-0.1, -0.05) is 60.3 Å². The lowest BCUT2D eigenvalue weighted by atomic mass is 10.2. The number of methoxy groups -OCH3 is 2. The summed E-state index contributed by atoms with van der Waals surface area (Å²) >= 11 is 1.38. The molecule has 1 aromatic heterocycles. The lowest BCUT2D eigenvalue weighted by Crippen LogP contribution is -2.30. The van der Waals surface area contributed by atoms with E-state index in [0.717, 1.165) is 16.9 Å². The van der Waals surface area contributed by atoms with E-state index in [1.165, 1.54) is 11.8 Å². The number of carbonyl (C=O) groups excluding carboxylic acids is 1. The Kier molecular flexibility index (Phi) is 6.86. The molecule has 0 saturated carbocycles. The molecular weight excluding hydrogens is 474 g/mol. The van der Waals surface area contributed by atoms with Gasteiger partial charge >= 0.3 is 0 Å². The predicted octanol–water partition coefficient (Wildman–Crippen LogP) is 6.04. The van der Waals surface area contributed by atoms with Gasteiger partial charge in [0.05, 0.1) is 31.9 Å². The summed E-state index contributed by atoms with van der Waals surface area (Å²) in [7, 11) is 3.21. The number of ether oxygens (including phenoxy) is 2. The van der Waals surface area contributed by atoms with Crippen LogP contribution < -0.4 is 14.4 Å². The predicted molar refractivity (Wildman–Crippen MR) is 142 cm³/mol. The average Bonchev–Trinajstić information content (AvgIpc) is 3.53. The number of aromatic nitrogens is 1. The number of oxazole rings is 1. The van der Waals surface area contributed by atoms with E-state index in [0.29, 0.717) is 39.7 Å². The Bertz CT molecular complexity index is 1430. The maximum atomic E-state index is 13.5. The first-order valence-electron chi connectivity index (χ1n) is 11.2. The Morgan fingerprint density at radius 1 is 0.944 bits per heavy atom. The van der Waals surface area contributed by atoms with Gasteiger partial charge in [-0.05, 0) is 35.9 Å². The Hall–Kier alpha value is -4.30. The smallest absolute Gasteiger partial charge is 0.283 e. The minimum atomic E-state index is -0.223. The standard InChI is InChI=1S/C28H23N3O4S/c1-33-22-13-11-19(12-14-22)15-24-27(32)31(21-9-6-10-23(16-21)34-2)28(30-24)36-18-26-29-17-25(35-26)20-7-4-3-5-8-20/h3-17H,18H2,1-2H3/b24-15-. The highest BCUT2D eigenvalue weighted by Crippen LogP contribution is 2.33. The zero-order valence-corrected chi connectivity index (χ0v) is 20.6. The van der Waals surface area contributed by atoms with Crippen LogP contribution in [0.15, 0.2) is 100 Å². The molecule has 0 fully saturated rings. The number of hydrogen-bond donors (Lipinski definition) is 0. The van der Waals surface area contributed by atoms with Crippen LogP contribution in [0.3, 0.4) is 0 Å². The molecule has 36 heavy (non-hydrogen) atoms. The molecule has 0 N–H and O–H groups in total. The van der Waals surface area contributed by atoms with Gasteiger partial charge in [-0.3, -0.25) is 9.69 Å². The first kappa shape index (κ1) is 23.4. The molecule has 7 nitrogen and oxygen atoms in total. The Morgan fingerprint density at radius 3 is 2.47 bits per heavy atom. The zero-order chi connectivity index (χ0) is 24.9. The summed E-state index contributed by atoms with van der Waals surface area (Å²) < 4.78 is 16.5. The zero-order valence-electron chi connectivity index (χ0n) is 19.8. The number of carbonyl (C=O) groups is 1. The van der Waals surface area contributed by atoms with Gasteiger partial charge in [0.25, 0.3) is 5.91 Å². The number of anilines is 1. The van der Waals surface area contributed by atoms with Gasteiger partial charge in [-0.25, -0.2) is 9.98 Å². The van der Waals surface area contributed by atoms with E-state index in [1.54, 1.807) is 31.4 Å². The molecule has 8 heteroatoms. The molecule has 0 atom stereocenters. The number of thioether (sulfide) groups is 1. The Morgan fingerprint density at radius 2 is 1.72 bits per heavy atom. The van der Waals surface area contributed by atoms with E-state index in [4.69, 9.17) is 13.9 Å². The molecule has 0 radical (unpaired) electrons. The van der Waals surface area contributed by atoms with Crippen LogP contribution in [-0.4, -0.2) is 30.3 Å². The molecule has 3 aromatic carbocycles. The van der Waals surface area contributed by atoms with Crippen LogP contribution in [-0.2, 0) is 10.5 Å². The van der Waals surface area contributed by atoms with Crippen molar-refractivity contribution in [2.24, 2.45) is 4.99 Å². The summed E-state index contributed by atoms with van der Waals surface area (Å²) in [5, 5.41) is 0.535. The number of rotatable bonds is 7. The molecular formula is C28H23N3O4S. The molecule has 1 aliphatic heterocycles. The monoisotopic (exact) mass is 497 g/mol. The third-order valence-electron chi connectivity index (χ3n) is 5.50. The highest BCUT2D eigenvalue weighted by molar-refractivity contribution is 8.13. The van der Waals surface area contributed by atoms with Crippen LogP contribution in [0.4, 0.5) is 5.69 Å². The first-order chi connectivity index (χ1) is 17.6. The van der Waals surface area contributed by atoms with Gasteiger partial charge in [-0.2, -0.15) is 0 Å². The van der Waals surface area contributed by atoms with Gasteiger partial charge in [0.1, 0.15) is 17.2 Å². The van der Waals surface area contributed by atoms with E-state index < -0.39 is 0 Å². The molecule has 0 unspecified atom stereocenters. The molecule has 1 amide bonds. The van der Waals surface area contributed by atoms with Crippen molar-refractivity contribution >= 4 is 34.6 Å². The second-order valence-electron chi connectivity index (χ2n) is 7.81. The number of aliphatic imine (C=N–C) groups is 1. The third kappa shape index (κ3) is 5.04. The van der Waals surface area contributed by atoms with E-state index in [1.807, 2.05) is 78.9 Å². The van der Waals surface area contributed by atoms with Gasteiger partial charge in [-0.15, -0.1) is 0 Å². The average molecular weight is 498 g/mol. The molecule has 0 aliphatic carbocycles. The van der Waals surface area contributed by atoms with E-state index >= 15 is 0 Å². The minimum Gasteiger partial charge on any atom is -0.497 e. The van der Waals surface area contributed by atoms with E-state index in [-0.39, 0.29) is 5.91 Å². The molecule has 180 valence electrons.